The normalized spacial score (nSPS) is 22.2. The first-order valence-electron chi connectivity index (χ1n) is 9.15. The lowest BCUT2D eigenvalue weighted by molar-refractivity contribution is -0.111. The third-order valence-electron chi connectivity index (χ3n) is 5.40. The third-order valence-corrected chi connectivity index (χ3v) is 5.40. The molecule has 134 valence electrons. The van der Waals surface area contributed by atoms with E-state index in [4.69, 9.17) is 4.98 Å². The van der Waals surface area contributed by atoms with E-state index in [1.54, 1.807) is 0 Å². The average Bonchev–Trinajstić information content (AvgIpc) is 2.63. The number of aldehydes is 1. The summed E-state index contributed by atoms with van der Waals surface area (Å²) in [7, 11) is 5.77. The van der Waals surface area contributed by atoms with Crippen molar-refractivity contribution in [2.75, 3.05) is 21.1 Å². The molecule has 1 aliphatic rings. The molecule has 5 heteroatoms. The van der Waals surface area contributed by atoms with Crippen molar-refractivity contribution in [3.8, 4) is 0 Å². The second kappa shape index (κ2) is 8.70. The highest BCUT2D eigenvalue weighted by Crippen LogP contribution is 2.40. The second-order valence-electron chi connectivity index (χ2n) is 6.72. The van der Waals surface area contributed by atoms with Crippen molar-refractivity contribution in [2.24, 2.45) is 0 Å². The molecule has 0 aliphatic heterocycles. The van der Waals surface area contributed by atoms with Gasteiger partial charge < -0.3 is 20.7 Å². The fourth-order valence-corrected chi connectivity index (χ4v) is 3.82. The van der Waals surface area contributed by atoms with Crippen LogP contribution in [0.15, 0.2) is 12.1 Å². The van der Waals surface area contributed by atoms with Gasteiger partial charge in [-0.05, 0) is 45.6 Å². The van der Waals surface area contributed by atoms with E-state index in [-0.39, 0.29) is 12.0 Å². The lowest BCUT2D eigenvalue weighted by Gasteiger charge is -2.45. The van der Waals surface area contributed by atoms with Crippen molar-refractivity contribution >= 4 is 6.29 Å². The molecule has 0 amide bonds. The average molecular weight is 332 g/mol. The van der Waals surface area contributed by atoms with Crippen molar-refractivity contribution in [1.82, 2.24) is 20.9 Å². The van der Waals surface area contributed by atoms with E-state index in [1.807, 2.05) is 21.1 Å². The van der Waals surface area contributed by atoms with E-state index in [9.17, 15) is 4.79 Å². The van der Waals surface area contributed by atoms with Crippen LogP contribution in [0.25, 0.3) is 0 Å². The van der Waals surface area contributed by atoms with E-state index in [0.717, 1.165) is 36.1 Å². The fourth-order valence-electron chi connectivity index (χ4n) is 3.82. The summed E-state index contributed by atoms with van der Waals surface area (Å²) < 4.78 is 0. The molecular weight excluding hydrogens is 300 g/mol. The molecule has 3 N–H and O–H groups in total. The molecule has 0 saturated carbocycles. The molecule has 0 aromatic carbocycles. The number of nitrogens with one attached hydrogen (secondary N) is 3. The van der Waals surface area contributed by atoms with Crippen LogP contribution in [0.5, 0.6) is 0 Å². The van der Waals surface area contributed by atoms with Crippen LogP contribution in [0.1, 0.15) is 67.9 Å². The lowest BCUT2D eigenvalue weighted by Crippen LogP contribution is -2.62. The Kier molecular flexibility index (Phi) is 6.90. The van der Waals surface area contributed by atoms with Crippen LogP contribution in [0.2, 0.25) is 0 Å². The number of rotatable bonds is 9. The van der Waals surface area contributed by atoms with E-state index in [0.29, 0.717) is 0 Å². The first-order valence-corrected chi connectivity index (χ1v) is 9.15. The van der Waals surface area contributed by atoms with Crippen molar-refractivity contribution in [1.29, 1.82) is 0 Å². The highest BCUT2D eigenvalue weighted by Gasteiger charge is 2.45. The smallest absolute Gasteiger partial charge is 0.130 e. The zero-order chi connectivity index (χ0) is 17.6. The van der Waals surface area contributed by atoms with Crippen LogP contribution in [-0.4, -0.2) is 38.1 Å². The second-order valence-corrected chi connectivity index (χ2v) is 6.72. The highest BCUT2D eigenvalue weighted by molar-refractivity contribution is 5.67. The molecule has 0 fully saturated rings. The fraction of sp³-hybridized carbons (Fsp3) is 0.684. The molecule has 0 saturated heterocycles. The van der Waals surface area contributed by atoms with Gasteiger partial charge in [0.25, 0.3) is 0 Å². The summed E-state index contributed by atoms with van der Waals surface area (Å²) >= 11 is 0. The molecule has 0 spiro atoms. The summed E-state index contributed by atoms with van der Waals surface area (Å²) in [5.74, 6) is -0.242. The zero-order valence-corrected chi connectivity index (χ0v) is 15.5. The number of nitrogens with zero attached hydrogens (tertiary/aromatic N) is 1. The lowest BCUT2D eigenvalue weighted by atomic mass is 9.74. The van der Waals surface area contributed by atoms with E-state index < -0.39 is 5.66 Å². The van der Waals surface area contributed by atoms with Crippen LogP contribution < -0.4 is 16.0 Å². The predicted molar refractivity (Wildman–Crippen MR) is 98.2 cm³/mol. The van der Waals surface area contributed by atoms with E-state index >= 15 is 0 Å². The molecule has 1 heterocycles. The van der Waals surface area contributed by atoms with Crippen LogP contribution in [-0.2, 0) is 11.2 Å². The van der Waals surface area contributed by atoms with Crippen molar-refractivity contribution < 1.29 is 4.79 Å². The summed E-state index contributed by atoms with van der Waals surface area (Å²) in [5.41, 5.74) is 2.75. The SMILES string of the molecule is CCCCCCc1ccc2c(n1)C(NC)CC(NC)(NC)C2C=O. The minimum Gasteiger partial charge on any atom is -0.312 e. The summed E-state index contributed by atoms with van der Waals surface area (Å²) in [6.45, 7) is 2.23. The van der Waals surface area contributed by atoms with Gasteiger partial charge in [-0.2, -0.15) is 0 Å². The Hall–Kier alpha value is -1.30. The van der Waals surface area contributed by atoms with Gasteiger partial charge in [0.15, 0.2) is 0 Å². The van der Waals surface area contributed by atoms with Gasteiger partial charge in [-0.15, -0.1) is 0 Å². The monoisotopic (exact) mass is 332 g/mol. The summed E-state index contributed by atoms with van der Waals surface area (Å²) in [6.07, 6.45) is 7.79. The number of hydrogen-bond acceptors (Lipinski definition) is 5. The van der Waals surface area contributed by atoms with Gasteiger partial charge in [0.2, 0.25) is 0 Å². The number of unbranched alkanes of at least 4 members (excludes halogenated alkanes) is 3. The molecule has 2 rings (SSSR count). The summed E-state index contributed by atoms with van der Waals surface area (Å²) in [4.78, 5) is 16.8. The van der Waals surface area contributed by atoms with Crippen LogP contribution in [0.3, 0.4) is 0 Å². The maximum absolute atomic E-state index is 11.9. The van der Waals surface area contributed by atoms with E-state index in [1.165, 1.54) is 25.7 Å². The quantitative estimate of drug-likeness (QED) is 0.368. The number of carbonyl (C=O) groups excluding carboxylic acids is 1. The van der Waals surface area contributed by atoms with E-state index in [2.05, 4.69) is 35.0 Å². The standard InChI is InChI=1S/C19H32N4O/c1-5-6-7-8-9-14-10-11-15-16(13-24)19(21-3,22-4)12-17(20-2)18(15)23-14/h10-11,13,16-17,20-22H,5-9,12H2,1-4H3. The molecule has 2 atom stereocenters. The number of aryl methyl sites for hydroxylation is 1. The molecular formula is C19H32N4O. The minimum absolute atomic E-state index is 0.131. The maximum atomic E-state index is 11.9. The molecule has 1 aromatic rings. The number of carbonyl (C=O) groups is 1. The summed E-state index contributed by atoms with van der Waals surface area (Å²) in [6, 6.07) is 4.32. The summed E-state index contributed by atoms with van der Waals surface area (Å²) in [5, 5.41) is 10.0. The number of likely N-dealkylation sites (N-methyl/N-ethyl adjacent to an activating group) is 2. The molecule has 5 nitrogen and oxygen atoms in total. The molecule has 24 heavy (non-hydrogen) atoms. The number of pyridine rings is 1. The Bertz CT molecular complexity index is 542. The molecule has 0 radical (unpaired) electrons. The number of aromatic nitrogens is 1. The Morgan fingerprint density at radius 2 is 1.96 bits per heavy atom. The van der Waals surface area contributed by atoms with Crippen molar-refractivity contribution in [3.05, 3.63) is 29.1 Å². The van der Waals surface area contributed by atoms with Gasteiger partial charge in [0.05, 0.1) is 23.3 Å². The number of fused-ring (bicyclic) bond motifs is 1. The Morgan fingerprint density at radius 1 is 1.21 bits per heavy atom. The Labute approximate surface area is 146 Å². The van der Waals surface area contributed by atoms with Gasteiger partial charge in [0.1, 0.15) is 6.29 Å². The zero-order valence-electron chi connectivity index (χ0n) is 15.5. The van der Waals surface area contributed by atoms with Gasteiger partial charge in [-0.25, -0.2) is 0 Å². The first-order chi connectivity index (χ1) is 11.7. The van der Waals surface area contributed by atoms with Gasteiger partial charge in [-0.3, -0.25) is 4.98 Å². The topological polar surface area (TPSA) is 66.1 Å². The third kappa shape index (κ3) is 3.68. The maximum Gasteiger partial charge on any atom is 0.130 e. The largest absolute Gasteiger partial charge is 0.312 e. The van der Waals surface area contributed by atoms with Gasteiger partial charge >= 0.3 is 0 Å². The van der Waals surface area contributed by atoms with Crippen molar-refractivity contribution in [2.45, 2.75) is 63.1 Å². The molecule has 1 aliphatic carbocycles. The Balaban J connectivity index is 2.31. The highest BCUT2D eigenvalue weighted by atomic mass is 16.1. The van der Waals surface area contributed by atoms with Gasteiger partial charge in [0, 0.05) is 12.1 Å². The molecule has 2 unspecified atom stereocenters. The van der Waals surface area contributed by atoms with Crippen molar-refractivity contribution in [3.63, 3.8) is 0 Å². The number of hydrogen-bond donors (Lipinski definition) is 3. The molecule has 0 bridgehead atoms. The Morgan fingerprint density at radius 3 is 2.54 bits per heavy atom. The first kappa shape index (κ1) is 19.0. The van der Waals surface area contributed by atoms with Crippen LogP contribution in [0.4, 0.5) is 0 Å². The van der Waals surface area contributed by atoms with Crippen LogP contribution in [0, 0.1) is 0 Å². The molecule has 1 aromatic heterocycles. The predicted octanol–water partition coefficient (Wildman–Crippen LogP) is 2.29. The van der Waals surface area contributed by atoms with Crippen LogP contribution >= 0.6 is 0 Å². The van der Waals surface area contributed by atoms with Gasteiger partial charge in [-0.1, -0.05) is 32.3 Å². The minimum atomic E-state index is -0.438.